The fourth-order valence-corrected chi connectivity index (χ4v) is 3.30. The van der Waals surface area contributed by atoms with Gasteiger partial charge >= 0.3 is 5.97 Å². The van der Waals surface area contributed by atoms with E-state index in [1.807, 2.05) is 49.3 Å². The Bertz CT molecular complexity index is 1150. The van der Waals surface area contributed by atoms with Gasteiger partial charge in [0.25, 0.3) is 0 Å². The first-order chi connectivity index (χ1) is 14.4. The minimum absolute atomic E-state index is 0.180. The van der Waals surface area contributed by atoms with E-state index in [0.717, 1.165) is 11.3 Å². The number of aryl methyl sites for hydroxylation is 1. The van der Waals surface area contributed by atoms with Crippen LogP contribution < -0.4 is 14.4 Å². The lowest BCUT2D eigenvalue weighted by Gasteiger charge is -2.11. The number of hydrogen-bond acceptors (Lipinski definition) is 5. The molecule has 0 spiro atoms. The van der Waals surface area contributed by atoms with Crippen molar-refractivity contribution < 1.29 is 19.1 Å². The highest BCUT2D eigenvalue weighted by Gasteiger charge is 2.30. The molecule has 0 N–H and O–H groups in total. The third kappa shape index (κ3) is 3.82. The summed E-state index contributed by atoms with van der Waals surface area (Å²) in [6.07, 6.45) is 1.72. The first-order valence-corrected chi connectivity index (χ1v) is 9.56. The maximum atomic E-state index is 12.8. The van der Waals surface area contributed by atoms with Crippen LogP contribution in [0.4, 0.5) is 5.69 Å². The Balaban J connectivity index is 1.58. The van der Waals surface area contributed by atoms with Gasteiger partial charge in [0.05, 0.1) is 11.1 Å². The molecule has 1 aliphatic rings. The van der Waals surface area contributed by atoms with Crippen molar-refractivity contribution in [3.63, 3.8) is 0 Å². The minimum atomic E-state index is -0.462. The van der Waals surface area contributed by atoms with E-state index in [4.69, 9.17) is 9.47 Å². The van der Waals surface area contributed by atoms with E-state index in [9.17, 15) is 9.59 Å². The zero-order valence-corrected chi connectivity index (χ0v) is 17.0. The van der Waals surface area contributed by atoms with E-state index in [1.54, 1.807) is 49.4 Å². The highest BCUT2D eigenvalue weighted by Crippen LogP contribution is 2.37. The van der Waals surface area contributed by atoms with E-state index in [2.05, 4.69) is 0 Å². The minimum Gasteiger partial charge on any atom is -0.452 e. The number of allylic oxidation sites excluding steroid dienone is 1. The Morgan fingerprint density at radius 2 is 1.70 bits per heavy atom. The molecular formula is C25H21NO4. The van der Waals surface area contributed by atoms with Crippen molar-refractivity contribution in [2.75, 3.05) is 19.0 Å². The summed E-state index contributed by atoms with van der Waals surface area (Å²) in [7, 11) is 3.94. The van der Waals surface area contributed by atoms with Gasteiger partial charge < -0.3 is 14.4 Å². The van der Waals surface area contributed by atoms with Gasteiger partial charge in [-0.25, -0.2) is 4.79 Å². The zero-order valence-electron chi connectivity index (χ0n) is 17.0. The predicted molar refractivity (Wildman–Crippen MR) is 116 cm³/mol. The SMILES string of the molecule is Cc1cc(OC(=O)c2ccccc2)cc2c1C(=O)/C(=C/c1ccc(N(C)C)cc1)O2. The normalized spacial score (nSPS) is 13.7. The summed E-state index contributed by atoms with van der Waals surface area (Å²) in [5.41, 5.74) is 3.57. The van der Waals surface area contributed by atoms with Crippen molar-refractivity contribution >= 4 is 23.5 Å². The Hall–Kier alpha value is -3.86. The standard InChI is InChI=1S/C25H21NO4/c1-16-13-20(29-25(28)18-7-5-4-6-8-18)15-21-23(16)24(27)22(30-21)14-17-9-11-19(12-10-17)26(2)3/h4-15H,1-3H3/b22-14-. The average molecular weight is 399 g/mol. The number of carbonyl (C=O) groups is 2. The molecule has 4 rings (SSSR count). The number of hydrogen-bond donors (Lipinski definition) is 0. The maximum Gasteiger partial charge on any atom is 0.343 e. The molecule has 30 heavy (non-hydrogen) atoms. The second-order valence-electron chi connectivity index (χ2n) is 7.29. The summed E-state index contributed by atoms with van der Waals surface area (Å²) in [5, 5.41) is 0. The number of ketones is 1. The van der Waals surface area contributed by atoms with E-state index in [-0.39, 0.29) is 11.5 Å². The number of esters is 1. The highest BCUT2D eigenvalue weighted by molar-refractivity contribution is 6.15. The number of anilines is 1. The molecule has 0 unspecified atom stereocenters. The van der Waals surface area contributed by atoms with Gasteiger partial charge in [-0.1, -0.05) is 30.3 Å². The van der Waals surface area contributed by atoms with Gasteiger partial charge in [0, 0.05) is 25.8 Å². The topological polar surface area (TPSA) is 55.8 Å². The van der Waals surface area contributed by atoms with Gasteiger partial charge in [-0.2, -0.15) is 0 Å². The predicted octanol–water partition coefficient (Wildman–Crippen LogP) is 4.90. The Labute approximate surface area is 175 Å². The molecular weight excluding hydrogens is 378 g/mol. The van der Waals surface area contributed by atoms with Crippen molar-refractivity contribution in [3.05, 3.63) is 94.7 Å². The second kappa shape index (κ2) is 7.87. The smallest absolute Gasteiger partial charge is 0.343 e. The molecule has 3 aromatic carbocycles. The average Bonchev–Trinajstić information content (AvgIpc) is 3.04. The van der Waals surface area contributed by atoms with E-state index in [1.165, 1.54) is 0 Å². The van der Waals surface area contributed by atoms with Crippen LogP contribution in [0.15, 0.2) is 72.5 Å². The zero-order chi connectivity index (χ0) is 21.3. The summed E-state index contributed by atoms with van der Waals surface area (Å²) < 4.78 is 11.3. The molecule has 1 aliphatic heterocycles. The van der Waals surface area contributed by atoms with Crippen LogP contribution in [0.3, 0.4) is 0 Å². The molecule has 0 radical (unpaired) electrons. The van der Waals surface area contributed by atoms with Crippen molar-refractivity contribution in [2.45, 2.75) is 6.92 Å². The maximum absolute atomic E-state index is 12.8. The number of benzene rings is 3. The van der Waals surface area contributed by atoms with Gasteiger partial charge in [0.2, 0.25) is 5.78 Å². The van der Waals surface area contributed by atoms with Crippen LogP contribution in [0, 0.1) is 6.92 Å². The number of carbonyl (C=O) groups excluding carboxylic acids is 2. The van der Waals surface area contributed by atoms with Gasteiger partial charge in [-0.3, -0.25) is 4.79 Å². The summed E-state index contributed by atoms with van der Waals surface area (Å²) in [5.74, 6) is 0.338. The molecule has 0 fully saturated rings. The Kier molecular flexibility index (Phi) is 5.11. The van der Waals surface area contributed by atoms with Crippen LogP contribution in [0.2, 0.25) is 0 Å². The lowest BCUT2D eigenvalue weighted by Crippen LogP contribution is -2.08. The lowest BCUT2D eigenvalue weighted by molar-refractivity contribution is 0.0734. The van der Waals surface area contributed by atoms with Crippen LogP contribution in [0.25, 0.3) is 6.08 Å². The summed E-state index contributed by atoms with van der Waals surface area (Å²) in [6, 6.07) is 19.8. The van der Waals surface area contributed by atoms with Gasteiger partial charge in [0.1, 0.15) is 11.5 Å². The Morgan fingerprint density at radius 3 is 2.37 bits per heavy atom. The van der Waals surface area contributed by atoms with Crippen LogP contribution in [0.5, 0.6) is 11.5 Å². The molecule has 5 nitrogen and oxygen atoms in total. The van der Waals surface area contributed by atoms with Crippen LogP contribution in [-0.2, 0) is 0 Å². The number of ether oxygens (including phenoxy) is 2. The molecule has 0 aromatic heterocycles. The summed E-state index contributed by atoms with van der Waals surface area (Å²) in [4.78, 5) is 27.2. The quantitative estimate of drug-likeness (QED) is 0.355. The number of rotatable bonds is 4. The fourth-order valence-electron chi connectivity index (χ4n) is 3.30. The second-order valence-corrected chi connectivity index (χ2v) is 7.29. The van der Waals surface area contributed by atoms with Gasteiger partial charge in [-0.15, -0.1) is 0 Å². The van der Waals surface area contributed by atoms with Crippen LogP contribution in [-0.4, -0.2) is 25.8 Å². The third-order valence-corrected chi connectivity index (χ3v) is 4.87. The van der Waals surface area contributed by atoms with E-state index in [0.29, 0.717) is 28.2 Å². The molecule has 0 saturated heterocycles. The molecule has 0 amide bonds. The van der Waals surface area contributed by atoms with E-state index < -0.39 is 5.97 Å². The van der Waals surface area contributed by atoms with Crippen molar-refractivity contribution in [1.82, 2.24) is 0 Å². The van der Waals surface area contributed by atoms with Crippen LogP contribution in [0.1, 0.15) is 31.8 Å². The molecule has 0 saturated carbocycles. The first-order valence-electron chi connectivity index (χ1n) is 9.56. The van der Waals surface area contributed by atoms with Gasteiger partial charge in [0.15, 0.2) is 5.76 Å². The van der Waals surface area contributed by atoms with Crippen molar-refractivity contribution in [3.8, 4) is 11.5 Å². The fraction of sp³-hybridized carbons (Fsp3) is 0.120. The summed E-state index contributed by atoms with van der Waals surface area (Å²) in [6.45, 7) is 1.80. The molecule has 5 heteroatoms. The molecule has 150 valence electrons. The highest BCUT2D eigenvalue weighted by atomic mass is 16.5. The van der Waals surface area contributed by atoms with Crippen molar-refractivity contribution in [1.29, 1.82) is 0 Å². The molecule has 0 bridgehead atoms. The van der Waals surface area contributed by atoms with Crippen LogP contribution >= 0.6 is 0 Å². The molecule has 0 atom stereocenters. The number of fused-ring (bicyclic) bond motifs is 1. The Morgan fingerprint density at radius 1 is 1.00 bits per heavy atom. The lowest BCUT2D eigenvalue weighted by atomic mass is 10.0. The molecule has 1 heterocycles. The third-order valence-electron chi connectivity index (χ3n) is 4.87. The number of Topliss-reactive ketones (excluding diaryl/α,β-unsaturated/α-hetero) is 1. The molecule has 0 aliphatic carbocycles. The first kappa shape index (κ1) is 19.5. The van der Waals surface area contributed by atoms with E-state index >= 15 is 0 Å². The monoisotopic (exact) mass is 399 g/mol. The largest absolute Gasteiger partial charge is 0.452 e. The molecule has 3 aromatic rings. The number of nitrogens with zero attached hydrogens (tertiary/aromatic N) is 1. The van der Waals surface area contributed by atoms with Gasteiger partial charge in [-0.05, 0) is 54.5 Å². The summed E-state index contributed by atoms with van der Waals surface area (Å²) >= 11 is 0. The van der Waals surface area contributed by atoms with Crippen molar-refractivity contribution in [2.24, 2.45) is 0 Å².